The molecule has 0 aliphatic carbocycles. The largest absolute Gasteiger partial charge is 0.371 e. The molecule has 4 heterocycles. The van der Waals surface area contributed by atoms with E-state index in [1.165, 1.54) is 9.75 Å². The molecule has 2 aliphatic heterocycles. The molecule has 0 unspecified atom stereocenters. The van der Waals surface area contributed by atoms with Crippen LogP contribution < -0.4 is 0 Å². The molecular weight excluding hydrogens is 392 g/mol. The van der Waals surface area contributed by atoms with Crippen molar-refractivity contribution < 1.29 is 14.3 Å². The first-order valence-electron chi connectivity index (χ1n) is 9.79. The standard InChI is InChI=1S/C21H26N2O3S2/c1-16-2-3-19(28-16)20(25)23-9-11-26-21(15-23)5-7-22(8-6-21)13-18-12-17(4-10-24)14-27-18/h2-3,10,12,14H,4-9,11,13,15H2,1H3. The highest BCUT2D eigenvalue weighted by Gasteiger charge is 2.41. The van der Waals surface area contributed by atoms with Gasteiger partial charge in [-0.25, -0.2) is 0 Å². The number of ether oxygens (including phenoxy) is 1. The van der Waals surface area contributed by atoms with E-state index in [1.807, 2.05) is 24.0 Å². The van der Waals surface area contributed by atoms with Gasteiger partial charge < -0.3 is 14.4 Å². The van der Waals surface area contributed by atoms with Gasteiger partial charge in [-0.1, -0.05) is 0 Å². The summed E-state index contributed by atoms with van der Waals surface area (Å²) >= 11 is 3.30. The van der Waals surface area contributed by atoms with E-state index in [2.05, 4.69) is 16.3 Å². The normalized spacial score (nSPS) is 19.8. The summed E-state index contributed by atoms with van der Waals surface area (Å²) < 4.78 is 6.21. The molecule has 1 amide bonds. The minimum absolute atomic E-state index is 0.143. The molecule has 0 N–H and O–H groups in total. The Bertz CT molecular complexity index is 836. The Hall–Kier alpha value is -1.54. The van der Waals surface area contributed by atoms with Gasteiger partial charge in [-0.3, -0.25) is 9.69 Å². The van der Waals surface area contributed by atoms with Crippen LogP contribution in [0, 0.1) is 6.92 Å². The third-order valence-corrected chi connectivity index (χ3v) is 7.62. The average molecular weight is 419 g/mol. The molecule has 0 bridgehead atoms. The van der Waals surface area contributed by atoms with Gasteiger partial charge in [0.2, 0.25) is 0 Å². The van der Waals surface area contributed by atoms with E-state index in [-0.39, 0.29) is 11.5 Å². The number of carbonyl (C=O) groups excluding carboxylic acids is 2. The van der Waals surface area contributed by atoms with E-state index < -0.39 is 0 Å². The smallest absolute Gasteiger partial charge is 0.264 e. The van der Waals surface area contributed by atoms with Crippen molar-refractivity contribution in [3.63, 3.8) is 0 Å². The second-order valence-corrected chi connectivity index (χ2v) is 10.0. The lowest BCUT2D eigenvalue weighted by molar-refractivity contribution is -0.127. The first-order valence-corrected chi connectivity index (χ1v) is 11.5. The summed E-state index contributed by atoms with van der Waals surface area (Å²) in [4.78, 5) is 31.3. The van der Waals surface area contributed by atoms with Gasteiger partial charge in [-0.15, -0.1) is 22.7 Å². The van der Waals surface area contributed by atoms with Crippen LogP contribution in [0.5, 0.6) is 0 Å². The van der Waals surface area contributed by atoms with Crippen molar-refractivity contribution in [3.8, 4) is 0 Å². The lowest BCUT2D eigenvalue weighted by Gasteiger charge is -2.47. The summed E-state index contributed by atoms with van der Waals surface area (Å²) in [5, 5.41) is 2.08. The number of rotatable bonds is 5. The number of likely N-dealkylation sites (tertiary alicyclic amines) is 1. The highest BCUT2D eigenvalue weighted by molar-refractivity contribution is 7.13. The predicted octanol–water partition coefficient (Wildman–Crippen LogP) is 3.37. The topological polar surface area (TPSA) is 49.9 Å². The number of hydrogen-bond donors (Lipinski definition) is 0. The van der Waals surface area contributed by atoms with Crippen molar-refractivity contribution in [1.82, 2.24) is 9.80 Å². The molecule has 150 valence electrons. The SMILES string of the molecule is Cc1ccc(C(=O)N2CCOC3(CCN(Cc4cc(CC=O)cs4)CC3)C2)s1. The van der Waals surface area contributed by atoms with Crippen LogP contribution in [0.3, 0.4) is 0 Å². The number of piperidine rings is 1. The molecule has 0 saturated carbocycles. The predicted molar refractivity (Wildman–Crippen MR) is 112 cm³/mol. The van der Waals surface area contributed by atoms with Crippen LogP contribution >= 0.6 is 22.7 Å². The van der Waals surface area contributed by atoms with Gasteiger partial charge in [0.25, 0.3) is 5.91 Å². The number of aldehydes is 1. The van der Waals surface area contributed by atoms with Crippen LogP contribution in [0.1, 0.15) is 37.8 Å². The molecular formula is C21H26N2O3S2. The number of carbonyl (C=O) groups is 2. The number of thiophene rings is 2. The molecule has 4 rings (SSSR count). The quantitative estimate of drug-likeness (QED) is 0.699. The maximum Gasteiger partial charge on any atom is 0.264 e. The zero-order chi connectivity index (χ0) is 19.6. The monoisotopic (exact) mass is 418 g/mol. The van der Waals surface area contributed by atoms with Gasteiger partial charge >= 0.3 is 0 Å². The third kappa shape index (κ3) is 4.38. The van der Waals surface area contributed by atoms with Crippen molar-refractivity contribution in [1.29, 1.82) is 0 Å². The molecule has 2 aliphatic rings. The lowest BCUT2D eigenvalue weighted by Crippen LogP contribution is -2.57. The molecule has 0 radical (unpaired) electrons. The van der Waals surface area contributed by atoms with Crippen LogP contribution in [-0.4, -0.2) is 60.4 Å². The Morgan fingerprint density at radius 3 is 2.82 bits per heavy atom. The van der Waals surface area contributed by atoms with Crippen molar-refractivity contribution in [2.24, 2.45) is 0 Å². The minimum atomic E-state index is -0.200. The average Bonchev–Trinajstić information content (AvgIpc) is 3.33. The summed E-state index contributed by atoms with van der Waals surface area (Å²) in [7, 11) is 0. The summed E-state index contributed by atoms with van der Waals surface area (Å²) in [6.45, 7) is 6.90. The minimum Gasteiger partial charge on any atom is -0.371 e. The second-order valence-electron chi connectivity index (χ2n) is 7.74. The van der Waals surface area contributed by atoms with E-state index in [0.717, 1.165) is 49.2 Å². The summed E-state index contributed by atoms with van der Waals surface area (Å²) in [5.41, 5.74) is 0.909. The second kappa shape index (κ2) is 8.45. The van der Waals surface area contributed by atoms with Gasteiger partial charge in [-0.2, -0.15) is 0 Å². The Kier molecular flexibility index (Phi) is 5.96. The fraction of sp³-hybridized carbons (Fsp3) is 0.524. The first kappa shape index (κ1) is 19.8. The molecule has 1 spiro atoms. The van der Waals surface area contributed by atoms with Crippen molar-refractivity contribution in [2.75, 3.05) is 32.8 Å². The van der Waals surface area contributed by atoms with Crippen LogP contribution in [-0.2, 0) is 22.5 Å². The van der Waals surface area contributed by atoms with Crippen LogP contribution in [0.2, 0.25) is 0 Å². The van der Waals surface area contributed by atoms with Crippen molar-refractivity contribution in [2.45, 2.75) is 38.3 Å². The number of amides is 1. The summed E-state index contributed by atoms with van der Waals surface area (Å²) in [5.74, 6) is 0.143. The Morgan fingerprint density at radius 2 is 2.11 bits per heavy atom. The van der Waals surface area contributed by atoms with Gasteiger partial charge in [-0.05, 0) is 48.9 Å². The van der Waals surface area contributed by atoms with E-state index >= 15 is 0 Å². The zero-order valence-corrected chi connectivity index (χ0v) is 17.8. The van der Waals surface area contributed by atoms with Crippen LogP contribution in [0.25, 0.3) is 0 Å². The van der Waals surface area contributed by atoms with Gasteiger partial charge in [0, 0.05) is 42.4 Å². The Balaban J connectivity index is 1.33. The number of morpholine rings is 1. The van der Waals surface area contributed by atoms with Crippen molar-refractivity contribution in [3.05, 3.63) is 43.8 Å². The van der Waals surface area contributed by atoms with Crippen LogP contribution in [0.4, 0.5) is 0 Å². The molecule has 2 saturated heterocycles. The molecule has 5 nitrogen and oxygen atoms in total. The Labute approximate surface area is 173 Å². The molecule has 7 heteroatoms. The van der Waals surface area contributed by atoms with E-state index in [1.54, 1.807) is 22.7 Å². The van der Waals surface area contributed by atoms with E-state index in [4.69, 9.17) is 4.74 Å². The van der Waals surface area contributed by atoms with Crippen LogP contribution in [0.15, 0.2) is 23.6 Å². The summed E-state index contributed by atoms with van der Waals surface area (Å²) in [6.07, 6.45) is 3.36. The van der Waals surface area contributed by atoms with E-state index in [0.29, 0.717) is 26.1 Å². The van der Waals surface area contributed by atoms with E-state index in [9.17, 15) is 9.59 Å². The number of aryl methyl sites for hydroxylation is 1. The van der Waals surface area contributed by atoms with Gasteiger partial charge in [0.1, 0.15) is 6.29 Å². The maximum absolute atomic E-state index is 12.8. The number of nitrogens with zero attached hydrogens (tertiary/aromatic N) is 2. The molecule has 0 atom stereocenters. The Morgan fingerprint density at radius 1 is 1.29 bits per heavy atom. The lowest BCUT2D eigenvalue weighted by atomic mass is 9.89. The van der Waals surface area contributed by atoms with Gasteiger partial charge in [0.15, 0.2) is 0 Å². The highest BCUT2D eigenvalue weighted by Crippen LogP contribution is 2.32. The zero-order valence-electron chi connectivity index (χ0n) is 16.2. The molecule has 2 fully saturated rings. The first-order chi connectivity index (χ1) is 13.6. The number of hydrogen-bond acceptors (Lipinski definition) is 6. The fourth-order valence-corrected chi connectivity index (χ4v) is 5.86. The molecule has 28 heavy (non-hydrogen) atoms. The highest BCUT2D eigenvalue weighted by atomic mass is 32.1. The third-order valence-electron chi connectivity index (χ3n) is 5.66. The molecule has 0 aromatic carbocycles. The maximum atomic E-state index is 12.8. The van der Waals surface area contributed by atoms with Gasteiger partial charge in [0.05, 0.1) is 23.6 Å². The van der Waals surface area contributed by atoms with Crippen molar-refractivity contribution >= 4 is 34.9 Å². The fourth-order valence-electron chi connectivity index (χ4n) is 4.08. The molecule has 2 aromatic rings. The summed E-state index contributed by atoms with van der Waals surface area (Å²) in [6, 6.07) is 6.09. The molecule has 2 aromatic heterocycles.